The molecule has 2 aromatic rings. The molecule has 2 aromatic heterocycles. The zero-order valence-electron chi connectivity index (χ0n) is 14.8. The van der Waals surface area contributed by atoms with Crippen molar-refractivity contribution in [2.24, 2.45) is 13.0 Å². The molecule has 0 aromatic carbocycles. The van der Waals surface area contributed by atoms with E-state index in [4.69, 9.17) is 0 Å². The number of hydrogen-bond donors (Lipinski definition) is 0. The molecule has 1 fully saturated rings. The number of nitrogens with zero attached hydrogens (tertiary/aromatic N) is 6. The standard InChI is InChI=1S/C16H24N6O2S/c1-20(2)25(23,24)22-8-4-5-13(11-22)9-14-16(19-7-6-18-14)15-10-17-12-21(15)3/h6-7,10,12-13H,4-5,8-9,11H2,1-3H3/t13-/m0/s1. The van der Waals surface area contributed by atoms with Gasteiger partial charge in [-0.1, -0.05) is 0 Å². The van der Waals surface area contributed by atoms with Crippen LogP contribution in [-0.2, 0) is 23.7 Å². The number of aryl methyl sites for hydroxylation is 1. The molecule has 1 atom stereocenters. The molecule has 0 aliphatic carbocycles. The zero-order valence-corrected chi connectivity index (χ0v) is 15.6. The fraction of sp³-hybridized carbons (Fsp3) is 0.562. The van der Waals surface area contributed by atoms with Gasteiger partial charge in [0.05, 0.1) is 23.9 Å². The maximum Gasteiger partial charge on any atom is 0.281 e. The lowest BCUT2D eigenvalue weighted by Gasteiger charge is -2.33. The largest absolute Gasteiger partial charge is 0.332 e. The summed E-state index contributed by atoms with van der Waals surface area (Å²) in [7, 11) is 1.70. The van der Waals surface area contributed by atoms with E-state index in [0.717, 1.165) is 29.9 Å². The highest BCUT2D eigenvalue weighted by molar-refractivity contribution is 7.86. The third-order valence-corrected chi connectivity index (χ3v) is 6.49. The Morgan fingerprint density at radius 1 is 1.28 bits per heavy atom. The molecule has 8 nitrogen and oxygen atoms in total. The number of piperidine rings is 1. The Kier molecular flexibility index (Phi) is 5.16. The van der Waals surface area contributed by atoms with Crippen molar-refractivity contribution >= 4 is 10.2 Å². The van der Waals surface area contributed by atoms with E-state index < -0.39 is 10.2 Å². The van der Waals surface area contributed by atoms with Crippen molar-refractivity contribution in [1.82, 2.24) is 28.1 Å². The van der Waals surface area contributed by atoms with Gasteiger partial charge in [0.25, 0.3) is 10.2 Å². The van der Waals surface area contributed by atoms with Gasteiger partial charge in [0.15, 0.2) is 0 Å². The highest BCUT2D eigenvalue weighted by Gasteiger charge is 2.31. The topological polar surface area (TPSA) is 84.2 Å². The van der Waals surface area contributed by atoms with E-state index in [-0.39, 0.29) is 5.92 Å². The van der Waals surface area contributed by atoms with E-state index in [1.54, 1.807) is 43.3 Å². The Bertz CT molecular complexity index is 833. The van der Waals surface area contributed by atoms with Gasteiger partial charge in [0.2, 0.25) is 0 Å². The van der Waals surface area contributed by atoms with E-state index in [1.165, 1.54) is 4.31 Å². The third kappa shape index (κ3) is 3.73. The van der Waals surface area contributed by atoms with Crippen LogP contribution in [0, 0.1) is 5.92 Å². The third-order valence-electron chi connectivity index (χ3n) is 4.58. The average Bonchev–Trinajstić information content (AvgIpc) is 3.01. The highest BCUT2D eigenvalue weighted by Crippen LogP contribution is 2.26. The summed E-state index contributed by atoms with van der Waals surface area (Å²) in [6, 6.07) is 0. The van der Waals surface area contributed by atoms with Crippen molar-refractivity contribution < 1.29 is 8.42 Å². The van der Waals surface area contributed by atoms with Gasteiger partial charge < -0.3 is 4.57 Å². The molecule has 1 aliphatic heterocycles. The molecule has 0 N–H and O–H groups in total. The fourth-order valence-electron chi connectivity index (χ4n) is 3.22. The minimum absolute atomic E-state index is 0.229. The lowest BCUT2D eigenvalue weighted by Crippen LogP contribution is -2.45. The second-order valence-corrected chi connectivity index (χ2v) is 8.74. The first kappa shape index (κ1) is 18.0. The Hall–Kier alpha value is -1.84. The second-order valence-electron chi connectivity index (χ2n) is 6.60. The summed E-state index contributed by atoms with van der Waals surface area (Å²) in [5, 5.41) is 0. The monoisotopic (exact) mass is 364 g/mol. The molecule has 9 heteroatoms. The minimum atomic E-state index is -3.37. The Balaban J connectivity index is 1.81. The predicted molar refractivity (Wildman–Crippen MR) is 94.8 cm³/mol. The molecule has 0 unspecified atom stereocenters. The molecule has 0 bridgehead atoms. The number of aromatic nitrogens is 4. The van der Waals surface area contributed by atoms with Gasteiger partial charge in [-0.2, -0.15) is 17.0 Å². The fourth-order valence-corrected chi connectivity index (χ4v) is 4.44. The van der Waals surface area contributed by atoms with Crippen LogP contribution in [0.2, 0.25) is 0 Å². The zero-order chi connectivity index (χ0) is 18.0. The van der Waals surface area contributed by atoms with Crippen molar-refractivity contribution in [2.45, 2.75) is 19.3 Å². The van der Waals surface area contributed by atoms with Crippen molar-refractivity contribution in [1.29, 1.82) is 0 Å². The molecular weight excluding hydrogens is 340 g/mol. The maximum atomic E-state index is 12.4. The summed E-state index contributed by atoms with van der Waals surface area (Å²) >= 11 is 0. The summed E-state index contributed by atoms with van der Waals surface area (Å²) in [6.07, 6.45) is 9.42. The van der Waals surface area contributed by atoms with Gasteiger partial charge in [0.1, 0.15) is 5.69 Å². The van der Waals surface area contributed by atoms with Crippen molar-refractivity contribution in [3.63, 3.8) is 0 Å². The molecule has 25 heavy (non-hydrogen) atoms. The average molecular weight is 364 g/mol. The minimum Gasteiger partial charge on any atom is -0.332 e. The van der Waals surface area contributed by atoms with Crippen molar-refractivity contribution in [2.75, 3.05) is 27.2 Å². The van der Waals surface area contributed by atoms with Crippen LogP contribution < -0.4 is 0 Å². The molecular formula is C16H24N6O2S. The Morgan fingerprint density at radius 2 is 2.04 bits per heavy atom. The Morgan fingerprint density at radius 3 is 2.72 bits per heavy atom. The molecule has 136 valence electrons. The maximum absolute atomic E-state index is 12.4. The molecule has 3 rings (SSSR count). The van der Waals surface area contributed by atoms with Crippen LogP contribution in [0.15, 0.2) is 24.9 Å². The first-order chi connectivity index (χ1) is 11.9. The lowest BCUT2D eigenvalue weighted by molar-refractivity contribution is 0.253. The van der Waals surface area contributed by atoms with E-state index >= 15 is 0 Å². The normalized spacial score (nSPS) is 19.4. The van der Waals surface area contributed by atoms with E-state index in [1.807, 2.05) is 11.6 Å². The van der Waals surface area contributed by atoms with Gasteiger partial charge in [-0.25, -0.2) is 4.98 Å². The molecule has 1 aliphatic rings. The van der Waals surface area contributed by atoms with Crippen LogP contribution in [-0.4, -0.2) is 63.7 Å². The van der Waals surface area contributed by atoms with Crippen molar-refractivity contribution in [3.8, 4) is 11.4 Å². The second kappa shape index (κ2) is 7.19. The molecule has 0 spiro atoms. The smallest absolute Gasteiger partial charge is 0.281 e. The number of imidazole rings is 1. The molecule has 1 saturated heterocycles. The quantitative estimate of drug-likeness (QED) is 0.788. The SMILES string of the molecule is CN(C)S(=O)(=O)N1CCC[C@@H](Cc2nccnc2-c2cncn2C)C1. The first-order valence-corrected chi connectivity index (χ1v) is 9.73. The number of rotatable bonds is 5. The van der Waals surface area contributed by atoms with Crippen LogP contribution >= 0.6 is 0 Å². The molecule has 0 radical (unpaired) electrons. The van der Waals surface area contributed by atoms with E-state index in [2.05, 4.69) is 15.0 Å². The van der Waals surface area contributed by atoms with Gasteiger partial charge in [-0.05, 0) is 25.2 Å². The van der Waals surface area contributed by atoms with Gasteiger partial charge in [-0.15, -0.1) is 0 Å². The van der Waals surface area contributed by atoms with Gasteiger partial charge in [-0.3, -0.25) is 9.97 Å². The van der Waals surface area contributed by atoms with Gasteiger partial charge in [0, 0.05) is 46.6 Å². The Labute approximate surface area is 148 Å². The summed E-state index contributed by atoms with van der Waals surface area (Å²) in [4.78, 5) is 13.1. The van der Waals surface area contributed by atoms with Crippen molar-refractivity contribution in [3.05, 3.63) is 30.6 Å². The van der Waals surface area contributed by atoms with E-state index in [9.17, 15) is 8.42 Å². The first-order valence-electron chi connectivity index (χ1n) is 8.33. The summed E-state index contributed by atoms with van der Waals surface area (Å²) < 4.78 is 29.5. The lowest BCUT2D eigenvalue weighted by atomic mass is 9.93. The summed E-state index contributed by atoms with van der Waals surface area (Å²) in [5.74, 6) is 0.229. The van der Waals surface area contributed by atoms with Crippen LogP contribution in [0.25, 0.3) is 11.4 Å². The van der Waals surface area contributed by atoms with E-state index in [0.29, 0.717) is 19.5 Å². The van der Waals surface area contributed by atoms with Crippen LogP contribution in [0.3, 0.4) is 0 Å². The molecule has 0 amide bonds. The van der Waals surface area contributed by atoms with Crippen LogP contribution in [0.5, 0.6) is 0 Å². The molecule has 0 saturated carbocycles. The van der Waals surface area contributed by atoms with Crippen LogP contribution in [0.4, 0.5) is 0 Å². The van der Waals surface area contributed by atoms with Crippen LogP contribution in [0.1, 0.15) is 18.5 Å². The summed E-state index contributed by atoms with van der Waals surface area (Å²) in [5.41, 5.74) is 2.62. The molecule has 3 heterocycles. The number of hydrogen-bond acceptors (Lipinski definition) is 5. The van der Waals surface area contributed by atoms with Gasteiger partial charge >= 0.3 is 0 Å². The highest BCUT2D eigenvalue weighted by atomic mass is 32.2. The predicted octanol–water partition coefficient (Wildman–Crippen LogP) is 0.938. The summed E-state index contributed by atoms with van der Waals surface area (Å²) in [6.45, 7) is 1.09.